The lowest BCUT2D eigenvalue weighted by molar-refractivity contribution is -0.139. The Morgan fingerprint density at radius 3 is 2.43 bits per heavy atom. The van der Waals surface area contributed by atoms with Crippen LogP contribution in [0, 0.1) is 12.3 Å². The highest BCUT2D eigenvalue weighted by Crippen LogP contribution is 2.26. The second kappa shape index (κ2) is 7.35. The molecule has 0 spiro atoms. The van der Waals surface area contributed by atoms with Gasteiger partial charge in [0.2, 0.25) is 11.8 Å². The molecule has 0 bridgehead atoms. The fraction of sp³-hybridized carbons (Fsp3) is 0.556. The average Bonchev–Trinajstić information content (AvgIpc) is 2.52. The molecule has 4 nitrogen and oxygen atoms in total. The van der Waals surface area contributed by atoms with Crippen LogP contribution in [-0.2, 0) is 9.59 Å². The quantitative estimate of drug-likeness (QED) is 0.814. The van der Waals surface area contributed by atoms with Gasteiger partial charge in [-0.15, -0.1) is 0 Å². The van der Waals surface area contributed by atoms with Crippen LogP contribution in [0.25, 0.3) is 0 Å². The number of halogens is 1. The summed E-state index contributed by atoms with van der Waals surface area (Å²) in [5.74, 6) is -0.544. The first-order valence-corrected chi connectivity index (χ1v) is 8.57. The van der Waals surface area contributed by atoms with Crippen LogP contribution in [0.1, 0.15) is 51.5 Å². The molecule has 2 N–H and O–H groups in total. The zero-order valence-corrected chi connectivity index (χ0v) is 14.8. The van der Waals surface area contributed by atoms with Gasteiger partial charge in [-0.05, 0) is 51.3 Å². The van der Waals surface area contributed by atoms with E-state index < -0.39 is 5.41 Å². The predicted octanol–water partition coefficient (Wildman–Crippen LogP) is 4.06. The van der Waals surface area contributed by atoms with Crippen molar-refractivity contribution in [3.8, 4) is 0 Å². The molecule has 0 atom stereocenters. The normalized spacial score (nSPS) is 16.0. The predicted molar refractivity (Wildman–Crippen MR) is 93.6 cm³/mol. The first kappa shape index (κ1) is 17.8. The van der Waals surface area contributed by atoms with E-state index in [1.54, 1.807) is 32.0 Å². The average molecular weight is 337 g/mol. The highest BCUT2D eigenvalue weighted by Gasteiger charge is 2.37. The highest BCUT2D eigenvalue weighted by molar-refractivity contribution is 6.31. The van der Waals surface area contributed by atoms with E-state index >= 15 is 0 Å². The third-order valence-electron chi connectivity index (χ3n) is 4.59. The third-order valence-corrected chi connectivity index (χ3v) is 5.00. The Kier molecular flexibility index (Phi) is 5.69. The van der Waals surface area contributed by atoms with Crippen LogP contribution in [0.3, 0.4) is 0 Å². The summed E-state index contributed by atoms with van der Waals surface area (Å²) in [6.07, 6.45) is 5.50. The van der Waals surface area contributed by atoms with Gasteiger partial charge in [0, 0.05) is 16.8 Å². The SMILES string of the molecule is Cc1c(Cl)cccc1NC(=O)C(C)(C)C(=O)NC1CCCCC1. The van der Waals surface area contributed by atoms with E-state index in [1.807, 2.05) is 6.92 Å². The summed E-state index contributed by atoms with van der Waals surface area (Å²) >= 11 is 6.07. The molecule has 0 aromatic heterocycles. The Morgan fingerprint density at radius 2 is 1.78 bits per heavy atom. The van der Waals surface area contributed by atoms with E-state index in [0.29, 0.717) is 10.7 Å². The molecule has 1 aliphatic rings. The maximum atomic E-state index is 12.6. The molecule has 1 fully saturated rings. The first-order valence-electron chi connectivity index (χ1n) is 8.20. The number of carbonyl (C=O) groups excluding carboxylic acids is 2. The number of carbonyl (C=O) groups is 2. The fourth-order valence-electron chi connectivity index (χ4n) is 2.74. The molecular weight excluding hydrogens is 312 g/mol. The Bertz CT molecular complexity index is 593. The molecule has 126 valence electrons. The van der Waals surface area contributed by atoms with Gasteiger partial charge >= 0.3 is 0 Å². The van der Waals surface area contributed by atoms with E-state index in [2.05, 4.69) is 10.6 Å². The number of hydrogen-bond acceptors (Lipinski definition) is 2. The highest BCUT2D eigenvalue weighted by atomic mass is 35.5. The summed E-state index contributed by atoms with van der Waals surface area (Å²) in [6.45, 7) is 5.15. The monoisotopic (exact) mass is 336 g/mol. The minimum Gasteiger partial charge on any atom is -0.352 e. The second-order valence-electron chi connectivity index (χ2n) is 6.80. The smallest absolute Gasteiger partial charge is 0.239 e. The molecule has 0 aliphatic heterocycles. The van der Waals surface area contributed by atoms with Gasteiger partial charge in [0.05, 0.1) is 0 Å². The molecule has 0 heterocycles. The first-order chi connectivity index (χ1) is 10.8. The van der Waals surface area contributed by atoms with Gasteiger partial charge in [0.15, 0.2) is 0 Å². The summed E-state index contributed by atoms with van der Waals surface area (Å²) in [6, 6.07) is 5.53. The molecule has 0 saturated heterocycles. The number of rotatable bonds is 4. The molecule has 1 aromatic rings. The molecule has 0 unspecified atom stereocenters. The zero-order valence-electron chi connectivity index (χ0n) is 14.0. The molecule has 23 heavy (non-hydrogen) atoms. The van der Waals surface area contributed by atoms with Crippen LogP contribution in [0.5, 0.6) is 0 Å². The van der Waals surface area contributed by atoms with Crippen molar-refractivity contribution in [1.82, 2.24) is 5.32 Å². The fourth-order valence-corrected chi connectivity index (χ4v) is 2.91. The van der Waals surface area contributed by atoms with Crippen molar-refractivity contribution in [1.29, 1.82) is 0 Å². The van der Waals surface area contributed by atoms with Crippen molar-refractivity contribution in [2.75, 3.05) is 5.32 Å². The summed E-state index contributed by atoms with van der Waals surface area (Å²) in [5.41, 5.74) is 0.304. The molecule has 2 rings (SSSR count). The van der Waals surface area contributed by atoms with Crippen molar-refractivity contribution < 1.29 is 9.59 Å². The van der Waals surface area contributed by atoms with Crippen molar-refractivity contribution in [2.24, 2.45) is 5.41 Å². The third kappa shape index (κ3) is 4.25. The van der Waals surface area contributed by atoms with Crippen LogP contribution in [0.4, 0.5) is 5.69 Å². The van der Waals surface area contributed by atoms with Crippen molar-refractivity contribution in [3.05, 3.63) is 28.8 Å². The maximum absolute atomic E-state index is 12.6. The van der Waals surface area contributed by atoms with Crippen molar-refractivity contribution in [3.63, 3.8) is 0 Å². The Balaban J connectivity index is 2.03. The van der Waals surface area contributed by atoms with Crippen molar-refractivity contribution >= 4 is 29.1 Å². The minimum atomic E-state index is -1.13. The van der Waals surface area contributed by atoms with E-state index in [4.69, 9.17) is 11.6 Å². The van der Waals surface area contributed by atoms with Crippen LogP contribution in [-0.4, -0.2) is 17.9 Å². The second-order valence-corrected chi connectivity index (χ2v) is 7.21. The van der Waals surface area contributed by atoms with Crippen molar-refractivity contribution in [2.45, 2.75) is 58.9 Å². The van der Waals surface area contributed by atoms with Gasteiger partial charge in [-0.2, -0.15) is 0 Å². The Labute approximate surface area is 143 Å². The van der Waals surface area contributed by atoms with Crippen LogP contribution in [0.2, 0.25) is 5.02 Å². The van der Waals surface area contributed by atoms with Gasteiger partial charge in [0.25, 0.3) is 0 Å². The zero-order chi connectivity index (χ0) is 17.0. The maximum Gasteiger partial charge on any atom is 0.239 e. The van der Waals surface area contributed by atoms with Gasteiger partial charge in [-0.25, -0.2) is 0 Å². The summed E-state index contributed by atoms with van der Waals surface area (Å²) in [4.78, 5) is 25.1. The Hall–Kier alpha value is -1.55. The number of benzene rings is 1. The van der Waals surface area contributed by atoms with E-state index in [1.165, 1.54) is 6.42 Å². The number of anilines is 1. The van der Waals surface area contributed by atoms with E-state index in [0.717, 1.165) is 31.2 Å². The summed E-state index contributed by atoms with van der Waals surface area (Å²) in [7, 11) is 0. The molecule has 1 saturated carbocycles. The molecule has 1 aliphatic carbocycles. The summed E-state index contributed by atoms with van der Waals surface area (Å²) in [5, 5.41) is 6.44. The lowest BCUT2D eigenvalue weighted by atomic mass is 9.88. The number of amides is 2. The molecule has 0 radical (unpaired) electrons. The number of hydrogen-bond donors (Lipinski definition) is 2. The topological polar surface area (TPSA) is 58.2 Å². The van der Waals surface area contributed by atoms with Gasteiger partial charge in [-0.3, -0.25) is 9.59 Å². The molecule has 5 heteroatoms. The van der Waals surface area contributed by atoms with E-state index in [9.17, 15) is 9.59 Å². The summed E-state index contributed by atoms with van der Waals surface area (Å²) < 4.78 is 0. The molecule has 2 amide bonds. The van der Waals surface area contributed by atoms with Crippen LogP contribution >= 0.6 is 11.6 Å². The largest absolute Gasteiger partial charge is 0.352 e. The molecule has 1 aromatic carbocycles. The number of nitrogens with one attached hydrogen (secondary N) is 2. The Morgan fingerprint density at radius 1 is 1.13 bits per heavy atom. The minimum absolute atomic E-state index is 0.191. The lowest BCUT2D eigenvalue weighted by Gasteiger charge is -2.28. The van der Waals surface area contributed by atoms with Gasteiger partial charge in [-0.1, -0.05) is 36.9 Å². The lowest BCUT2D eigenvalue weighted by Crippen LogP contribution is -2.49. The molecular formula is C18H25ClN2O2. The van der Waals surface area contributed by atoms with E-state index in [-0.39, 0.29) is 17.9 Å². The van der Waals surface area contributed by atoms with Crippen LogP contribution in [0.15, 0.2) is 18.2 Å². The van der Waals surface area contributed by atoms with Gasteiger partial charge < -0.3 is 10.6 Å². The van der Waals surface area contributed by atoms with Gasteiger partial charge in [0.1, 0.15) is 5.41 Å². The van der Waals surface area contributed by atoms with Crippen LogP contribution < -0.4 is 10.6 Å². The standard InChI is InChI=1S/C18H25ClN2O2/c1-12-14(19)10-7-11-15(12)21-17(23)18(2,3)16(22)20-13-8-5-4-6-9-13/h7,10-11,13H,4-6,8-9H2,1-3H3,(H,20,22)(H,21,23).